The fourth-order valence-corrected chi connectivity index (χ4v) is 2.58. The van der Waals surface area contributed by atoms with Crippen molar-refractivity contribution in [1.82, 2.24) is 19.7 Å². The molecule has 0 aromatic carbocycles. The molecule has 7 heteroatoms. The molecule has 1 fully saturated rings. The van der Waals surface area contributed by atoms with Crippen LogP contribution in [0.15, 0.2) is 30.7 Å². The smallest absolute Gasteiger partial charge is 0.230 e. The fraction of sp³-hybridized carbons (Fsp3) is 0.333. The molecule has 1 atom stereocenters. The Morgan fingerprint density at radius 2 is 2.41 bits per heavy atom. The number of hydrogen-bond donors (Lipinski definition) is 1. The van der Waals surface area contributed by atoms with Crippen molar-refractivity contribution in [3.63, 3.8) is 0 Å². The Kier molecular flexibility index (Phi) is 3.74. The number of amides is 1. The van der Waals surface area contributed by atoms with Crippen molar-refractivity contribution in [2.24, 2.45) is 13.0 Å². The Morgan fingerprint density at radius 1 is 1.55 bits per heavy atom. The normalized spacial score (nSPS) is 17.3. The average Bonchev–Trinajstić information content (AvgIpc) is 3.16. The minimum atomic E-state index is -0.177. The van der Waals surface area contributed by atoms with Crippen LogP contribution >= 0.6 is 0 Å². The first-order valence-corrected chi connectivity index (χ1v) is 7.07. The van der Waals surface area contributed by atoms with E-state index in [-0.39, 0.29) is 11.8 Å². The summed E-state index contributed by atoms with van der Waals surface area (Å²) in [5.41, 5.74) is 1.73. The minimum absolute atomic E-state index is 0.0957. The number of hydrogen-bond acceptors (Lipinski definition) is 5. The highest BCUT2D eigenvalue weighted by Gasteiger charge is 2.28. The second kappa shape index (κ2) is 5.85. The number of aromatic nitrogens is 3. The Morgan fingerprint density at radius 3 is 3.09 bits per heavy atom. The predicted octanol–water partition coefficient (Wildman–Crippen LogP) is 1.22. The molecule has 0 spiro atoms. The van der Waals surface area contributed by atoms with Crippen molar-refractivity contribution in [1.29, 1.82) is 5.26 Å². The average molecular weight is 296 g/mol. The maximum Gasteiger partial charge on any atom is 0.230 e. The molecule has 0 aliphatic carbocycles. The van der Waals surface area contributed by atoms with Gasteiger partial charge in [0.15, 0.2) is 6.19 Å². The van der Waals surface area contributed by atoms with Crippen LogP contribution in [0.2, 0.25) is 0 Å². The first-order chi connectivity index (χ1) is 10.7. The lowest BCUT2D eigenvalue weighted by molar-refractivity contribution is -0.119. The number of nitrogens with one attached hydrogen (secondary N) is 1. The van der Waals surface area contributed by atoms with E-state index in [2.05, 4.69) is 21.6 Å². The van der Waals surface area contributed by atoms with Gasteiger partial charge in [-0.1, -0.05) is 0 Å². The van der Waals surface area contributed by atoms with Gasteiger partial charge in [-0.2, -0.15) is 10.4 Å². The zero-order chi connectivity index (χ0) is 15.5. The third kappa shape index (κ3) is 2.76. The lowest BCUT2D eigenvalue weighted by Gasteiger charge is -2.12. The van der Waals surface area contributed by atoms with Gasteiger partial charge in [0.1, 0.15) is 5.82 Å². The number of nitrogens with zero attached hydrogens (tertiary/aromatic N) is 5. The van der Waals surface area contributed by atoms with Crippen molar-refractivity contribution >= 4 is 11.7 Å². The van der Waals surface area contributed by atoms with Gasteiger partial charge in [0.25, 0.3) is 0 Å². The van der Waals surface area contributed by atoms with E-state index in [1.165, 1.54) is 0 Å². The first-order valence-electron chi connectivity index (χ1n) is 7.07. The van der Waals surface area contributed by atoms with Crippen LogP contribution in [-0.4, -0.2) is 38.7 Å². The maximum atomic E-state index is 12.4. The molecule has 1 aliphatic rings. The number of rotatable bonds is 3. The van der Waals surface area contributed by atoms with Crippen LogP contribution in [0, 0.1) is 17.4 Å². The Bertz CT molecular complexity index is 732. The summed E-state index contributed by atoms with van der Waals surface area (Å²) >= 11 is 0. The summed E-state index contributed by atoms with van der Waals surface area (Å²) in [6, 6.07) is 3.72. The number of carbonyl (C=O) groups is 1. The summed E-state index contributed by atoms with van der Waals surface area (Å²) in [6.45, 7) is 1.10. The lowest BCUT2D eigenvalue weighted by atomic mass is 10.1. The van der Waals surface area contributed by atoms with E-state index in [0.29, 0.717) is 25.3 Å². The topological polar surface area (TPSA) is 86.8 Å². The summed E-state index contributed by atoms with van der Waals surface area (Å²) in [7, 11) is 1.84. The van der Waals surface area contributed by atoms with Gasteiger partial charge in [-0.05, 0) is 18.6 Å². The lowest BCUT2D eigenvalue weighted by Crippen LogP contribution is -2.25. The molecular weight excluding hydrogens is 280 g/mol. The van der Waals surface area contributed by atoms with Crippen molar-refractivity contribution in [3.05, 3.63) is 30.7 Å². The Hall–Kier alpha value is -2.88. The van der Waals surface area contributed by atoms with Crippen LogP contribution in [0.5, 0.6) is 0 Å². The van der Waals surface area contributed by atoms with Gasteiger partial charge in [-0.15, -0.1) is 0 Å². The van der Waals surface area contributed by atoms with Gasteiger partial charge < -0.3 is 10.2 Å². The Balaban J connectivity index is 1.79. The molecule has 0 bridgehead atoms. The summed E-state index contributed by atoms with van der Waals surface area (Å²) in [5.74, 6) is 0.251. The fourth-order valence-electron chi connectivity index (χ4n) is 2.58. The van der Waals surface area contributed by atoms with Crippen LogP contribution in [0.4, 0.5) is 5.82 Å². The highest BCUT2D eigenvalue weighted by molar-refractivity contribution is 5.95. The standard InChI is InChI=1S/C15H16N6O/c1-20-8-12(7-18-20)13-3-2-5-17-14(13)19-15(22)11-4-6-21(9-11)10-16/h2-3,5,7-8,11H,4,6,9H2,1H3,(H,17,19,22). The van der Waals surface area contributed by atoms with E-state index >= 15 is 0 Å². The molecule has 2 aromatic rings. The molecule has 22 heavy (non-hydrogen) atoms. The van der Waals surface area contributed by atoms with E-state index in [4.69, 9.17) is 5.26 Å². The number of likely N-dealkylation sites (tertiary alicyclic amines) is 1. The highest BCUT2D eigenvalue weighted by Crippen LogP contribution is 2.26. The quantitative estimate of drug-likeness (QED) is 0.861. The van der Waals surface area contributed by atoms with E-state index in [1.54, 1.807) is 22.0 Å². The number of carbonyl (C=O) groups excluding carboxylic acids is 1. The number of anilines is 1. The summed E-state index contributed by atoms with van der Waals surface area (Å²) in [5, 5.41) is 15.9. The Labute approximate surface area is 128 Å². The molecule has 7 nitrogen and oxygen atoms in total. The van der Waals surface area contributed by atoms with Crippen LogP contribution in [0.25, 0.3) is 11.1 Å². The summed E-state index contributed by atoms with van der Waals surface area (Å²) in [6.07, 6.45) is 8.02. The van der Waals surface area contributed by atoms with Crippen molar-refractivity contribution < 1.29 is 4.79 Å². The molecule has 112 valence electrons. The second-order valence-corrected chi connectivity index (χ2v) is 5.32. The third-order valence-corrected chi connectivity index (χ3v) is 3.77. The monoisotopic (exact) mass is 296 g/mol. The number of nitriles is 1. The molecular formula is C15H16N6O. The molecule has 0 saturated carbocycles. The van der Waals surface area contributed by atoms with Crippen LogP contribution in [0.1, 0.15) is 6.42 Å². The number of pyridine rings is 1. The molecule has 1 amide bonds. The first kappa shape index (κ1) is 14.1. The molecule has 3 rings (SSSR count). The van der Waals surface area contributed by atoms with Crippen LogP contribution in [-0.2, 0) is 11.8 Å². The van der Waals surface area contributed by atoms with E-state index < -0.39 is 0 Å². The van der Waals surface area contributed by atoms with Gasteiger partial charge in [0.2, 0.25) is 5.91 Å². The zero-order valence-corrected chi connectivity index (χ0v) is 12.2. The zero-order valence-electron chi connectivity index (χ0n) is 12.2. The third-order valence-electron chi connectivity index (χ3n) is 3.77. The molecule has 1 unspecified atom stereocenters. The van der Waals surface area contributed by atoms with Crippen LogP contribution < -0.4 is 5.32 Å². The predicted molar refractivity (Wildman–Crippen MR) is 80.4 cm³/mol. The van der Waals surface area contributed by atoms with Gasteiger partial charge >= 0.3 is 0 Å². The molecule has 0 radical (unpaired) electrons. The maximum absolute atomic E-state index is 12.4. The molecule has 1 N–H and O–H groups in total. The SMILES string of the molecule is Cn1cc(-c2cccnc2NC(=O)C2CCN(C#N)C2)cn1. The van der Waals surface area contributed by atoms with Crippen molar-refractivity contribution in [2.75, 3.05) is 18.4 Å². The van der Waals surface area contributed by atoms with Crippen molar-refractivity contribution in [3.8, 4) is 17.3 Å². The molecule has 2 aromatic heterocycles. The van der Waals surface area contributed by atoms with E-state index in [9.17, 15) is 4.79 Å². The minimum Gasteiger partial charge on any atom is -0.310 e. The summed E-state index contributed by atoms with van der Waals surface area (Å²) in [4.78, 5) is 18.2. The number of aryl methyl sites for hydroxylation is 1. The van der Waals surface area contributed by atoms with E-state index in [1.807, 2.05) is 25.4 Å². The second-order valence-electron chi connectivity index (χ2n) is 5.32. The van der Waals surface area contributed by atoms with E-state index in [0.717, 1.165) is 11.1 Å². The largest absolute Gasteiger partial charge is 0.310 e. The van der Waals surface area contributed by atoms with Gasteiger partial charge in [-0.3, -0.25) is 9.48 Å². The molecule has 3 heterocycles. The molecule has 1 saturated heterocycles. The highest BCUT2D eigenvalue weighted by atomic mass is 16.2. The molecule has 1 aliphatic heterocycles. The van der Waals surface area contributed by atoms with Crippen molar-refractivity contribution in [2.45, 2.75) is 6.42 Å². The van der Waals surface area contributed by atoms with Gasteiger partial charge in [0, 0.05) is 43.7 Å². The van der Waals surface area contributed by atoms with Gasteiger partial charge in [-0.25, -0.2) is 4.98 Å². The summed E-state index contributed by atoms with van der Waals surface area (Å²) < 4.78 is 1.70. The van der Waals surface area contributed by atoms with Gasteiger partial charge in [0.05, 0.1) is 12.1 Å². The van der Waals surface area contributed by atoms with Crippen LogP contribution in [0.3, 0.4) is 0 Å².